The third kappa shape index (κ3) is 2.53. The van der Waals surface area contributed by atoms with Crippen LogP contribution in [0.2, 0.25) is 0 Å². The summed E-state index contributed by atoms with van der Waals surface area (Å²) < 4.78 is 0. The van der Waals surface area contributed by atoms with E-state index in [0.29, 0.717) is 11.7 Å². The maximum absolute atomic E-state index is 2.58. The number of hydrogen-bond donors (Lipinski definition) is 0. The van der Waals surface area contributed by atoms with Gasteiger partial charge in [0.05, 0.1) is 6.17 Å². The second-order valence-electron chi connectivity index (χ2n) is 5.45. The molecule has 0 aromatic heterocycles. The summed E-state index contributed by atoms with van der Waals surface area (Å²) in [6.45, 7) is 12.5. The van der Waals surface area contributed by atoms with Gasteiger partial charge >= 0.3 is 0 Å². The molecular weight excluding hydrogens is 208 g/mol. The summed E-state index contributed by atoms with van der Waals surface area (Å²) in [7, 11) is 0. The predicted octanol–water partition coefficient (Wildman–Crippen LogP) is 3.12. The molecule has 17 heavy (non-hydrogen) atoms. The van der Waals surface area contributed by atoms with Gasteiger partial charge in [0.25, 0.3) is 0 Å². The Balaban J connectivity index is 2.25. The Morgan fingerprint density at radius 3 is 2.12 bits per heavy atom. The molecule has 1 fully saturated rings. The molecule has 1 heterocycles. The molecule has 1 aliphatic rings. The van der Waals surface area contributed by atoms with Crippen LogP contribution in [-0.2, 0) is 0 Å². The van der Waals surface area contributed by atoms with Crippen LogP contribution in [0.4, 0.5) is 0 Å². The Labute approximate surface area is 105 Å². The van der Waals surface area contributed by atoms with Crippen LogP contribution >= 0.6 is 0 Å². The van der Waals surface area contributed by atoms with Crippen molar-refractivity contribution in [3.63, 3.8) is 0 Å². The minimum atomic E-state index is 0.364. The molecule has 0 radical (unpaired) electrons. The molecule has 0 aliphatic carbocycles. The van der Waals surface area contributed by atoms with Gasteiger partial charge in [0, 0.05) is 12.1 Å². The van der Waals surface area contributed by atoms with Crippen molar-refractivity contribution in [3.8, 4) is 0 Å². The first-order chi connectivity index (χ1) is 8.10. The van der Waals surface area contributed by atoms with Gasteiger partial charge < -0.3 is 0 Å². The third-order valence-corrected chi connectivity index (χ3v) is 3.78. The first-order valence-electron chi connectivity index (χ1n) is 6.66. The highest BCUT2D eigenvalue weighted by Crippen LogP contribution is 2.41. The van der Waals surface area contributed by atoms with E-state index in [1.165, 1.54) is 12.1 Å². The van der Waals surface area contributed by atoms with Crippen LogP contribution in [0.3, 0.4) is 0 Å². The smallest absolute Gasteiger partial charge is 0.0891 e. The summed E-state index contributed by atoms with van der Waals surface area (Å²) in [5, 5.41) is 0. The van der Waals surface area contributed by atoms with Gasteiger partial charge in [-0.15, -0.1) is 0 Å². The van der Waals surface area contributed by atoms with Crippen LogP contribution in [0.25, 0.3) is 0 Å². The van der Waals surface area contributed by atoms with E-state index in [2.05, 4.69) is 67.8 Å². The number of rotatable bonds is 5. The van der Waals surface area contributed by atoms with E-state index in [-0.39, 0.29) is 0 Å². The van der Waals surface area contributed by atoms with Gasteiger partial charge in [0.2, 0.25) is 0 Å². The molecule has 2 atom stereocenters. The minimum Gasteiger partial charge on any atom is -0.285 e. The summed E-state index contributed by atoms with van der Waals surface area (Å²) >= 11 is 0. The molecule has 1 aromatic rings. The topological polar surface area (TPSA) is 6.25 Å². The maximum Gasteiger partial charge on any atom is 0.0891 e. The lowest BCUT2D eigenvalue weighted by Gasteiger charge is -2.32. The molecule has 1 aliphatic heterocycles. The van der Waals surface area contributed by atoms with Crippen LogP contribution in [0, 0.1) is 0 Å². The minimum absolute atomic E-state index is 0.364. The maximum atomic E-state index is 2.58. The van der Waals surface area contributed by atoms with Crippen LogP contribution < -0.4 is 0 Å². The SMILES string of the molecule is CCN(CC)C(c1ccccc1)N1CC1(C)C. The lowest BCUT2D eigenvalue weighted by Crippen LogP contribution is -2.35. The van der Waals surface area contributed by atoms with Crippen molar-refractivity contribution in [2.75, 3.05) is 19.6 Å². The van der Waals surface area contributed by atoms with Crippen LogP contribution in [0.5, 0.6) is 0 Å². The Morgan fingerprint density at radius 2 is 1.71 bits per heavy atom. The molecule has 0 amide bonds. The molecule has 0 N–H and O–H groups in total. The standard InChI is InChI=1S/C15H24N2/c1-5-16(6-2)14(17-12-15(17,3)4)13-10-8-7-9-11-13/h7-11,14H,5-6,12H2,1-4H3. The fraction of sp³-hybridized carbons (Fsp3) is 0.600. The van der Waals surface area contributed by atoms with Crippen molar-refractivity contribution in [3.05, 3.63) is 35.9 Å². The summed E-state index contributed by atoms with van der Waals surface area (Å²) in [6.07, 6.45) is 0.446. The average Bonchev–Trinajstić information content (AvgIpc) is 2.95. The predicted molar refractivity (Wildman–Crippen MR) is 72.9 cm³/mol. The Morgan fingerprint density at radius 1 is 1.18 bits per heavy atom. The zero-order valence-corrected chi connectivity index (χ0v) is 11.5. The van der Waals surface area contributed by atoms with Crippen molar-refractivity contribution in [1.82, 2.24) is 9.80 Å². The van der Waals surface area contributed by atoms with Gasteiger partial charge in [0.1, 0.15) is 0 Å². The molecule has 1 aromatic carbocycles. The average molecular weight is 232 g/mol. The molecule has 0 saturated carbocycles. The van der Waals surface area contributed by atoms with E-state index in [1.807, 2.05) is 0 Å². The second kappa shape index (κ2) is 4.79. The Hall–Kier alpha value is -0.860. The van der Waals surface area contributed by atoms with Crippen molar-refractivity contribution in [1.29, 1.82) is 0 Å². The van der Waals surface area contributed by atoms with E-state index >= 15 is 0 Å². The highest BCUT2D eigenvalue weighted by Gasteiger charge is 2.48. The largest absolute Gasteiger partial charge is 0.285 e. The number of nitrogens with zero attached hydrogens (tertiary/aromatic N) is 2. The molecular formula is C15H24N2. The number of hydrogen-bond acceptors (Lipinski definition) is 2. The quantitative estimate of drug-likeness (QED) is 0.720. The van der Waals surface area contributed by atoms with E-state index in [1.54, 1.807) is 0 Å². The second-order valence-corrected chi connectivity index (χ2v) is 5.45. The van der Waals surface area contributed by atoms with Gasteiger partial charge in [-0.25, -0.2) is 0 Å². The molecule has 2 nitrogen and oxygen atoms in total. The van der Waals surface area contributed by atoms with Crippen molar-refractivity contribution >= 4 is 0 Å². The zero-order valence-electron chi connectivity index (χ0n) is 11.5. The van der Waals surface area contributed by atoms with Gasteiger partial charge in [-0.2, -0.15) is 0 Å². The fourth-order valence-electron chi connectivity index (χ4n) is 2.58. The highest BCUT2D eigenvalue weighted by molar-refractivity contribution is 5.22. The molecule has 2 rings (SSSR count). The summed E-state index contributed by atoms with van der Waals surface area (Å²) in [4.78, 5) is 5.11. The summed E-state index contributed by atoms with van der Waals surface area (Å²) in [6, 6.07) is 10.9. The molecule has 2 unspecified atom stereocenters. The normalized spacial score (nSPS) is 23.7. The van der Waals surface area contributed by atoms with Crippen LogP contribution in [0.1, 0.15) is 39.4 Å². The Kier molecular flexibility index (Phi) is 3.55. The van der Waals surface area contributed by atoms with Gasteiger partial charge in [-0.1, -0.05) is 44.2 Å². The first-order valence-corrected chi connectivity index (χ1v) is 6.66. The van der Waals surface area contributed by atoms with Gasteiger partial charge in [-0.3, -0.25) is 9.80 Å². The van der Waals surface area contributed by atoms with E-state index in [4.69, 9.17) is 0 Å². The number of benzene rings is 1. The van der Waals surface area contributed by atoms with Crippen LogP contribution in [-0.4, -0.2) is 35.0 Å². The van der Waals surface area contributed by atoms with Crippen molar-refractivity contribution < 1.29 is 0 Å². The van der Waals surface area contributed by atoms with E-state index in [0.717, 1.165) is 13.1 Å². The molecule has 94 valence electrons. The summed E-state index contributed by atoms with van der Waals surface area (Å²) in [5.74, 6) is 0. The van der Waals surface area contributed by atoms with E-state index < -0.39 is 0 Å². The van der Waals surface area contributed by atoms with E-state index in [9.17, 15) is 0 Å². The van der Waals surface area contributed by atoms with Crippen molar-refractivity contribution in [2.24, 2.45) is 0 Å². The molecule has 2 heteroatoms. The highest BCUT2D eigenvalue weighted by atomic mass is 15.5. The van der Waals surface area contributed by atoms with Gasteiger partial charge in [0.15, 0.2) is 0 Å². The van der Waals surface area contributed by atoms with Crippen LogP contribution in [0.15, 0.2) is 30.3 Å². The monoisotopic (exact) mass is 232 g/mol. The lowest BCUT2D eigenvalue weighted by molar-refractivity contribution is 0.111. The molecule has 0 spiro atoms. The lowest BCUT2D eigenvalue weighted by atomic mass is 10.1. The zero-order chi connectivity index (χ0) is 12.5. The van der Waals surface area contributed by atoms with Crippen molar-refractivity contribution in [2.45, 2.75) is 39.4 Å². The fourth-order valence-corrected chi connectivity index (χ4v) is 2.58. The Bertz CT molecular complexity index is 352. The molecule has 0 bridgehead atoms. The third-order valence-electron chi connectivity index (χ3n) is 3.78. The summed E-state index contributed by atoms with van der Waals surface area (Å²) in [5.41, 5.74) is 1.78. The van der Waals surface area contributed by atoms with Gasteiger partial charge in [-0.05, 0) is 32.5 Å². The molecule has 1 saturated heterocycles. The first kappa shape index (κ1) is 12.6.